The van der Waals surface area contributed by atoms with Crippen LogP contribution < -0.4 is 0 Å². The molecular weight excluding hydrogens is 178 g/mol. The predicted molar refractivity (Wildman–Crippen MR) is 13.3 cm³/mol. The van der Waals surface area contributed by atoms with Gasteiger partial charge in [-0.25, -0.2) is 0 Å². The van der Waals surface area contributed by atoms with E-state index in [1.807, 2.05) is 0 Å². The summed E-state index contributed by atoms with van der Waals surface area (Å²) < 4.78 is 0. The summed E-state index contributed by atoms with van der Waals surface area (Å²) in [6.07, 6.45) is 0. The summed E-state index contributed by atoms with van der Waals surface area (Å²) in [5.74, 6) is -0.833. The van der Waals surface area contributed by atoms with Crippen molar-refractivity contribution in [3.05, 3.63) is 0 Å². The molecule has 0 atom stereocenters. The number of carbonyl (C=O) groups is 1. The number of aliphatic carboxylic acids is 1. The third kappa shape index (κ3) is 233. The third-order valence-corrected chi connectivity index (χ3v) is 0. The van der Waals surface area contributed by atoms with E-state index in [-0.39, 0.29) is 33.6 Å². The van der Waals surface area contributed by atoms with Crippen molar-refractivity contribution in [2.24, 2.45) is 0 Å². The molecule has 0 fully saturated rings. The van der Waals surface area contributed by atoms with Crippen molar-refractivity contribution in [2.45, 2.75) is 6.92 Å². The molecule has 0 aromatic heterocycles. The Balaban J connectivity index is -0.0000000450. The normalized spacial score (nSPS) is 4.17. The van der Waals surface area contributed by atoms with Gasteiger partial charge in [-0.3, -0.25) is 4.79 Å². The van der Waals surface area contributed by atoms with Gasteiger partial charge >= 0.3 is 0 Å². The van der Waals surface area contributed by atoms with Crippen LogP contribution in [0.3, 0.4) is 0 Å². The molecule has 2 nitrogen and oxygen atoms in total. The Morgan fingerprint density at radius 1 is 1.67 bits per heavy atom. The first-order chi connectivity index (χ1) is 1.73. The van der Waals surface area contributed by atoms with Crippen molar-refractivity contribution >= 4 is 5.97 Å². The van der Waals surface area contributed by atoms with Gasteiger partial charge in [-0.1, -0.05) is 0 Å². The summed E-state index contributed by atoms with van der Waals surface area (Å²) in [5.41, 5.74) is 0. The van der Waals surface area contributed by atoms with Crippen LogP contribution >= 0.6 is 0 Å². The summed E-state index contributed by atoms with van der Waals surface area (Å²) in [4.78, 5) is 9.00. The van der Waals surface area contributed by atoms with E-state index in [0.29, 0.717) is 0 Å². The first-order valence-corrected chi connectivity index (χ1v) is 0.928. The number of hydrogen-bond donors (Lipinski definition) is 1. The largest absolute Gasteiger partial charge is 0.481 e. The Morgan fingerprint density at radius 2 is 1.67 bits per heavy atom. The zero-order chi connectivity index (χ0) is 3.58. The average Bonchev–Trinajstić information content (AvgIpc) is 0.811. The fraction of sp³-hybridized carbons (Fsp3) is 0.500. The topological polar surface area (TPSA) is 37.3 Å². The van der Waals surface area contributed by atoms with E-state index in [9.17, 15) is 0 Å². The van der Waals surface area contributed by atoms with Crippen LogP contribution in [0, 0.1) is 0 Å². The van der Waals surface area contributed by atoms with Crippen LogP contribution in [0.15, 0.2) is 0 Å². The van der Waals surface area contributed by atoms with Crippen LogP contribution in [-0.2, 0) is 38.4 Å². The van der Waals surface area contributed by atoms with Crippen LogP contribution in [0.2, 0.25) is 0 Å². The quantitative estimate of drug-likeness (QED) is 0.539. The van der Waals surface area contributed by atoms with Crippen molar-refractivity contribution in [3.63, 3.8) is 0 Å². The van der Waals surface area contributed by atoms with Gasteiger partial charge in [0.1, 0.15) is 0 Å². The van der Waals surface area contributed by atoms with Crippen molar-refractivity contribution in [2.75, 3.05) is 0 Å². The zero-order valence-electron chi connectivity index (χ0n) is 2.97. The molecule has 0 aliphatic rings. The van der Waals surface area contributed by atoms with Crippen molar-refractivity contribution in [3.8, 4) is 0 Å². The maximum Gasteiger partial charge on any atom is 0.300 e. The number of rotatable bonds is 0. The standard InChI is InChI=1S/C2H4O2.Cu.Ni/c1-2(3)4;;/h1H3,(H,3,4);;. The van der Waals surface area contributed by atoms with Gasteiger partial charge in [0.25, 0.3) is 5.97 Å². The van der Waals surface area contributed by atoms with Gasteiger partial charge in [0.15, 0.2) is 0 Å². The molecule has 0 spiro atoms. The number of carboxylic acids is 1. The molecule has 1 N–H and O–H groups in total. The molecule has 0 rings (SSSR count). The zero-order valence-corrected chi connectivity index (χ0v) is 4.90. The molecule has 0 aromatic rings. The second-order valence-electron chi connectivity index (χ2n) is 0.519. The SMILES string of the molecule is CC(=O)O.[Cu].[Ni]. The van der Waals surface area contributed by atoms with Crippen LogP contribution in [0.4, 0.5) is 0 Å². The summed E-state index contributed by atoms with van der Waals surface area (Å²) in [6, 6.07) is 0. The fourth-order valence-electron chi connectivity index (χ4n) is 0. The van der Waals surface area contributed by atoms with E-state index in [1.54, 1.807) is 0 Å². The summed E-state index contributed by atoms with van der Waals surface area (Å²) >= 11 is 0. The molecule has 0 unspecified atom stereocenters. The van der Waals surface area contributed by atoms with E-state index >= 15 is 0 Å². The number of hydrogen-bond acceptors (Lipinski definition) is 1. The second-order valence-corrected chi connectivity index (χ2v) is 0.519. The van der Waals surface area contributed by atoms with Crippen molar-refractivity contribution in [1.82, 2.24) is 0 Å². The monoisotopic (exact) mass is 181 g/mol. The van der Waals surface area contributed by atoms with Crippen LogP contribution in [-0.4, -0.2) is 11.1 Å². The molecule has 0 aliphatic heterocycles. The molecule has 0 aromatic carbocycles. The molecule has 0 bridgehead atoms. The Morgan fingerprint density at radius 3 is 1.67 bits per heavy atom. The van der Waals surface area contributed by atoms with E-state index in [2.05, 4.69) is 0 Å². The minimum absolute atomic E-state index is 0. The predicted octanol–water partition coefficient (Wildman–Crippen LogP) is 0.0859. The Labute approximate surface area is 56.7 Å². The van der Waals surface area contributed by atoms with Gasteiger partial charge in [0.05, 0.1) is 0 Å². The van der Waals surface area contributed by atoms with Gasteiger partial charge in [-0.05, 0) is 0 Å². The molecule has 6 heavy (non-hydrogen) atoms. The molecule has 4 heteroatoms. The maximum atomic E-state index is 9.00. The molecule has 0 amide bonds. The smallest absolute Gasteiger partial charge is 0.300 e. The van der Waals surface area contributed by atoms with Crippen LogP contribution in [0.1, 0.15) is 6.92 Å². The Kier molecular flexibility index (Phi) is 24.3. The third-order valence-electron chi connectivity index (χ3n) is 0. The molecule has 0 heterocycles. The van der Waals surface area contributed by atoms with Gasteiger partial charge in [0.2, 0.25) is 0 Å². The molecule has 0 aliphatic carbocycles. The second kappa shape index (κ2) is 9.08. The minimum atomic E-state index is -0.833. The molecule has 1 radical (unpaired) electrons. The first kappa shape index (κ1) is 16.1. The van der Waals surface area contributed by atoms with E-state index in [0.717, 1.165) is 6.92 Å². The molecule has 0 saturated heterocycles. The van der Waals surface area contributed by atoms with E-state index in [4.69, 9.17) is 9.90 Å². The molecule has 0 saturated carbocycles. The summed E-state index contributed by atoms with van der Waals surface area (Å²) in [6.45, 7) is 1.08. The van der Waals surface area contributed by atoms with E-state index < -0.39 is 5.97 Å². The maximum absolute atomic E-state index is 9.00. The first-order valence-electron chi connectivity index (χ1n) is 0.928. The van der Waals surface area contributed by atoms with Gasteiger partial charge in [-0.2, -0.15) is 0 Å². The van der Waals surface area contributed by atoms with Crippen LogP contribution in [0.25, 0.3) is 0 Å². The van der Waals surface area contributed by atoms with Crippen molar-refractivity contribution in [1.29, 1.82) is 0 Å². The Bertz CT molecular complexity index is 34.5. The van der Waals surface area contributed by atoms with Gasteiger partial charge in [-0.15, -0.1) is 0 Å². The molecular formula is C2H4CuNiO2. The summed E-state index contributed by atoms with van der Waals surface area (Å²) in [5, 5.41) is 7.42. The Hall–Kier alpha value is 0.483. The fourth-order valence-corrected chi connectivity index (χ4v) is 0. The summed E-state index contributed by atoms with van der Waals surface area (Å²) in [7, 11) is 0. The van der Waals surface area contributed by atoms with Crippen LogP contribution in [0.5, 0.6) is 0 Å². The average molecular weight is 182 g/mol. The van der Waals surface area contributed by atoms with E-state index in [1.165, 1.54) is 0 Å². The minimum Gasteiger partial charge on any atom is -0.481 e. The van der Waals surface area contributed by atoms with Gasteiger partial charge < -0.3 is 5.11 Å². The van der Waals surface area contributed by atoms with Gasteiger partial charge in [0, 0.05) is 40.5 Å². The van der Waals surface area contributed by atoms with Crippen molar-refractivity contribution < 1.29 is 43.5 Å². The molecule has 45 valence electrons. The number of carboxylic acid groups (broad SMARTS) is 1.